The predicted molar refractivity (Wildman–Crippen MR) is 71.6 cm³/mol. The van der Waals surface area contributed by atoms with Crippen LogP contribution in [-0.4, -0.2) is 37.1 Å². The molecular weight excluding hydrogens is 226 g/mol. The van der Waals surface area contributed by atoms with E-state index >= 15 is 0 Å². The van der Waals surface area contributed by atoms with Crippen molar-refractivity contribution in [3.8, 4) is 0 Å². The van der Waals surface area contributed by atoms with Gasteiger partial charge in [-0.3, -0.25) is 0 Å². The first-order valence-electron chi connectivity index (χ1n) is 6.74. The summed E-state index contributed by atoms with van der Waals surface area (Å²) >= 11 is 0. The molecule has 3 nitrogen and oxygen atoms in total. The van der Waals surface area contributed by atoms with Crippen LogP contribution in [0, 0.1) is 5.92 Å². The maximum atomic E-state index is 11.8. The molecule has 0 N–H and O–H groups in total. The van der Waals surface area contributed by atoms with Gasteiger partial charge in [-0.05, 0) is 50.5 Å². The van der Waals surface area contributed by atoms with Crippen molar-refractivity contribution in [2.45, 2.75) is 19.8 Å². The molecule has 1 aliphatic rings. The molecule has 0 bridgehead atoms. The first-order chi connectivity index (χ1) is 8.79. The summed E-state index contributed by atoms with van der Waals surface area (Å²) in [5.74, 6) is 0.328. The van der Waals surface area contributed by atoms with Gasteiger partial charge < -0.3 is 9.64 Å². The summed E-state index contributed by atoms with van der Waals surface area (Å²) in [7, 11) is 0. The van der Waals surface area contributed by atoms with Crippen molar-refractivity contribution in [3.05, 3.63) is 35.9 Å². The van der Waals surface area contributed by atoms with Crippen molar-refractivity contribution >= 4 is 5.97 Å². The fraction of sp³-hybridized carbons (Fsp3) is 0.533. The summed E-state index contributed by atoms with van der Waals surface area (Å²) in [5.41, 5.74) is 0.642. The van der Waals surface area contributed by atoms with Crippen LogP contribution >= 0.6 is 0 Å². The van der Waals surface area contributed by atoms with E-state index in [1.54, 1.807) is 12.1 Å². The van der Waals surface area contributed by atoms with Gasteiger partial charge in [0.15, 0.2) is 0 Å². The number of nitrogens with zero attached hydrogens (tertiary/aromatic N) is 1. The molecule has 1 saturated heterocycles. The van der Waals surface area contributed by atoms with Crippen LogP contribution in [0.4, 0.5) is 0 Å². The maximum absolute atomic E-state index is 11.8. The van der Waals surface area contributed by atoms with Gasteiger partial charge in [-0.25, -0.2) is 4.79 Å². The highest BCUT2D eigenvalue weighted by atomic mass is 16.5. The lowest BCUT2D eigenvalue weighted by atomic mass is 9.98. The van der Waals surface area contributed by atoms with E-state index < -0.39 is 0 Å². The fourth-order valence-electron chi connectivity index (χ4n) is 2.32. The number of hydrogen-bond donors (Lipinski definition) is 0. The molecule has 0 aromatic heterocycles. The monoisotopic (exact) mass is 247 g/mol. The molecule has 0 radical (unpaired) electrons. The maximum Gasteiger partial charge on any atom is 0.338 e. The average molecular weight is 247 g/mol. The Kier molecular flexibility index (Phi) is 4.76. The summed E-state index contributed by atoms with van der Waals surface area (Å²) in [4.78, 5) is 14.2. The number of esters is 1. The lowest BCUT2D eigenvalue weighted by molar-refractivity contribution is 0.0375. The Balaban J connectivity index is 1.74. The minimum Gasteiger partial charge on any atom is -0.462 e. The van der Waals surface area contributed by atoms with Gasteiger partial charge in [-0.1, -0.05) is 25.1 Å². The van der Waals surface area contributed by atoms with E-state index in [0.29, 0.717) is 18.1 Å². The van der Waals surface area contributed by atoms with Crippen molar-refractivity contribution in [3.63, 3.8) is 0 Å². The van der Waals surface area contributed by atoms with Crippen molar-refractivity contribution in [2.75, 3.05) is 26.2 Å². The summed E-state index contributed by atoms with van der Waals surface area (Å²) in [6.45, 7) is 6.13. The van der Waals surface area contributed by atoms with Crippen molar-refractivity contribution in [1.82, 2.24) is 4.90 Å². The third-order valence-electron chi connectivity index (χ3n) is 3.61. The number of carbonyl (C=O) groups is 1. The van der Waals surface area contributed by atoms with Crippen LogP contribution in [0.1, 0.15) is 30.1 Å². The zero-order chi connectivity index (χ0) is 12.8. The van der Waals surface area contributed by atoms with Crippen LogP contribution in [-0.2, 0) is 4.74 Å². The van der Waals surface area contributed by atoms with Gasteiger partial charge in [0.05, 0.1) is 12.2 Å². The third kappa shape index (κ3) is 3.57. The Labute approximate surface area is 109 Å². The molecule has 0 saturated carbocycles. The molecule has 2 rings (SSSR count). The Bertz CT molecular complexity index is 369. The molecule has 3 heteroatoms. The second kappa shape index (κ2) is 6.55. The molecule has 98 valence electrons. The Morgan fingerprint density at radius 2 is 1.94 bits per heavy atom. The first-order valence-corrected chi connectivity index (χ1v) is 6.74. The largest absolute Gasteiger partial charge is 0.462 e. The summed E-state index contributed by atoms with van der Waals surface area (Å²) in [5, 5.41) is 0. The van der Waals surface area contributed by atoms with Crippen molar-refractivity contribution in [1.29, 1.82) is 0 Å². The molecular formula is C15H21NO2. The topological polar surface area (TPSA) is 29.5 Å². The number of likely N-dealkylation sites (tertiary alicyclic amines) is 1. The third-order valence-corrected chi connectivity index (χ3v) is 3.61. The second-order valence-corrected chi connectivity index (χ2v) is 4.84. The van der Waals surface area contributed by atoms with Gasteiger partial charge >= 0.3 is 5.97 Å². The lowest BCUT2D eigenvalue weighted by Crippen LogP contribution is -2.35. The molecule has 1 heterocycles. The minimum absolute atomic E-state index is 0.200. The van der Waals surface area contributed by atoms with Gasteiger partial charge in [0.2, 0.25) is 0 Å². The van der Waals surface area contributed by atoms with E-state index in [0.717, 1.165) is 32.5 Å². The van der Waals surface area contributed by atoms with E-state index in [1.165, 1.54) is 0 Å². The smallest absolute Gasteiger partial charge is 0.338 e. The van der Waals surface area contributed by atoms with E-state index in [1.807, 2.05) is 18.2 Å². The van der Waals surface area contributed by atoms with E-state index in [2.05, 4.69) is 11.8 Å². The average Bonchev–Trinajstić information content (AvgIpc) is 2.46. The molecule has 1 fully saturated rings. The standard InChI is InChI=1S/C15H21NO2/c1-2-16-10-8-13(9-11-16)12-18-15(17)14-6-4-3-5-7-14/h3-7,13H,2,8-12H2,1H3. The minimum atomic E-state index is -0.200. The highest BCUT2D eigenvalue weighted by Crippen LogP contribution is 2.17. The lowest BCUT2D eigenvalue weighted by Gasteiger charge is -2.30. The SMILES string of the molecule is CCN1CCC(COC(=O)c2ccccc2)CC1. The van der Waals surface area contributed by atoms with Crippen LogP contribution in [0.3, 0.4) is 0 Å². The number of piperidine rings is 1. The Morgan fingerprint density at radius 3 is 2.56 bits per heavy atom. The number of benzene rings is 1. The molecule has 1 aromatic rings. The zero-order valence-electron chi connectivity index (χ0n) is 11.0. The van der Waals surface area contributed by atoms with E-state index in [4.69, 9.17) is 4.74 Å². The van der Waals surface area contributed by atoms with Crippen molar-refractivity contribution < 1.29 is 9.53 Å². The quantitative estimate of drug-likeness (QED) is 0.766. The number of hydrogen-bond acceptors (Lipinski definition) is 3. The first kappa shape index (κ1) is 13.1. The van der Waals surface area contributed by atoms with Crippen molar-refractivity contribution in [2.24, 2.45) is 5.92 Å². The highest BCUT2D eigenvalue weighted by molar-refractivity contribution is 5.89. The molecule has 0 atom stereocenters. The summed E-state index contributed by atoms with van der Waals surface area (Å²) in [6, 6.07) is 9.20. The van der Waals surface area contributed by atoms with Crippen LogP contribution in [0.15, 0.2) is 30.3 Å². The summed E-state index contributed by atoms with van der Waals surface area (Å²) < 4.78 is 5.38. The number of ether oxygens (including phenoxy) is 1. The Hall–Kier alpha value is -1.35. The number of carbonyl (C=O) groups excluding carboxylic acids is 1. The number of rotatable bonds is 4. The normalized spacial score (nSPS) is 17.6. The molecule has 0 unspecified atom stereocenters. The van der Waals surface area contributed by atoms with E-state index in [-0.39, 0.29) is 5.97 Å². The van der Waals surface area contributed by atoms with Crippen LogP contribution < -0.4 is 0 Å². The summed E-state index contributed by atoms with van der Waals surface area (Å²) in [6.07, 6.45) is 2.27. The molecule has 1 aliphatic heterocycles. The molecule has 1 aromatic carbocycles. The zero-order valence-corrected chi connectivity index (χ0v) is 11.0. The van der Waals surface area contributed by atoms with Gasteiger partial charge in [-0.2, -0.15) is 0 Å². The fourth-order valence-corrected chi connectivity index (χ4v) is 2.32. The Morgan fingerprint density at radius 1 is 1.28 bits per heavy atom. The molecule has 0 aliphatic carbocycles. The molecule has 0 amide bonds. The van der Waals surface area contributed by atoms with Gasteiger partial charge in [0.1, 0.15) is 0 Å². The van der Waals surface area contributed by atoms with Crippen LogP contribution in [0.5, 0.6) is 0 Å². The molecule has 0 spiro atoms. The molecule has 18 heavy (non-hydrogen) atoms. The van der Waals surface area contributed by atoms with Gasteiger partial charge in [0, 0.05) is 0 Å². The van der Waals surface area contributed by atoms with Gasteiger partial charge in [0.25, 0.3) is 0 Å². The van der Waals surface area contributed by atoms with Crippen LogP contribution in [0.25, 0.3) is 0 Å². The van der Waals surface area contributed by atoms with E-state index in [9.17, 15) is 4.79 Å². The van der Waals surface area contributed by atoms with Gasteiger partial charge in [-0.15, -0.1) is 0 Å². The predicted octanol–water partition coefficient (Wildman–Crippen LogP) is 2.58. The second-order valence-electron chi connectivity index (χ2n) is 4.84. The van der Waals surface area contributed by atoms with Crippen LogP contribution in [0.2, 0.25) is 0 Å². The highest BCUT2D eigenvalue weighted by Gasteiger charge is 2.19.